The van der Waals surface area contributed by atoms with E-state index in [4.69, 9.17) is 0 Å². The number of anilines is 1. The number of fused-ring (bicyclic) bond motifs is 2. The van der Waals surface area contributed by atoms with Crippen LogP contribution in [0, 0.1) is 0 Å². The van der Waals surface area contributed by atoms with E-state index in [9.17, 15) is 14.4 Å². The highest BCUT2D eigenvalue weighted by molar-refractivity contribution is 6.07. The summed E-state index contributed by atoms with van der Waals surface area (Å²) in [7, 11) is 0. The van der Waals surface area contributed by atoms with Crippen LogP contribution in [0.1, 0.15) is 30.9 Å². The van der Waals surface area contributed by atoms with Crippen LogP contribution >= 0.6 is 0 Å². The third-order valence-corrected chi connectivity index (χ3v) is 6.11. The first-order valence-corrected chi connectivity index (χ1v) is 10.0. The molecule has 1 spiro atoms. The third-order valence-electron chi connectivity index (χ3n) is 6.11. The molecular weight excluding hydrogens is 366 g/mol. The van der Waals surface area contributed by atoms with Gasteiger partial charge in [0, 0.05) is 19.2 Å². The average Bonchev–Trinajstić information content (AvgIpc) is 3.24. The number of nitrogens with zero attached hydrogens (tertiary/aromatic N) is 1. The summed E-state index contributed by atoms with van der Waals surface area (Å²) in [6.45, 7) is 1.85. The number of para-hydroxylation sites is 1. The highest BCUT2D eigenvalue weighted by Crippen LogP contribution is 2.49. The molecule has 2 aromatic rings. The zero-order valence-corrected chi connectivity index (χ0v) is 16.5. The van der Waals surface area contributed by atoms with Crippen LogP contribution in [0.15, 0.2) is 54.6 Å². The highest BCUT2D eigenvalue weighted by atomic mass is 16.2. The van der Waals surface area contributed by atoms with Crippen LogP contribution in [0.5, 0.6) is 0 Å². The minimum absolute atomic E-state index is 0.0356. The molecule has 6 heteroatoms. The minimum atomic E-state index is -0.739. The molecule has 0 unspecified atom stereocenters. The lowest BCUT2D eigenvalue weighted by molar-refractivity contribution is -0.134. The van der Waals surface area contributed by atoms with Gasteiger partial charge < -0.3 is 15.5 Å². The van der Waals surface area contributed by atoms with Gasteiger partial charge in [0.1, 0.15) is 0 Å². The Morgan fingerprint density at radius 1 is 1.14 bits per heavy atom. The Labute approximate surface area is 170 Å². The molecule has 2 N–H and O–H groups in total. The van der Waals surface area contributed by atoms with Crippen LogP contribution in [0.3, 0.4) is 0 Å². The van der Waals surface area contributed by atoms with Crippen LogP contribution in [0.25, 0.3) is 0 Å². The molecule has 4 rings (SSSR count). The van der Waals surface area contributed by atoms with E-state index < -0.39 is 5.41 Å². The van der Waals surface area contributed by atoms with Gasteiger partial charge in [0.15, 0.2) is 0 Å². The third kappa shape index (κ3) is 3.39. The van der Waals surface area contributed by atoms with E-state index >= 15 is 0 Å². The lowest BCUT2D eigenvalue weighted by atomic mass is 9.73. The zero-order valence-electron chi connectivity index (χ0n) is 16.5. The SMILES string of the molecule is CC(=O)NCC(=O)N1CC[C@]2(C(=O)Nc3ccccc32)[C@@H]1CCc1ccccc1. The number of nitrogens with one attached hydrogen (secondary N) is 2. The van der Waals surface area contributed by atoms with Crippen molar-refractivity contribution in [3.8, 4) is 0 Å². The Hall–Kier alpha value is -3.15. The molecule has 2 aromatic carbocycles. The number of hydrogen-bond acceptors (Lipinski definition) is 3. The predicted octanol–water partition coefficient (Wildman–Crippen LogP) is 2.25. The molecule has 3 amide bonds. The summed E-state index contributed by atoms with van der Waals surface area (Å²) in [6.07, 6.45) is 2.03. The average molecular weight is 391 g/mol. The van der Waals surface area contributed by atoms with Gasteiger partial charge in [-0.3, -0.25) is 14.4 Å². The smallest absolute Gasteiger partial charge is 0.242 e. The molecule has 150 valence electrons. The highest BCUT2D eigenvalue weighted by Gasteiger charge is 2.58. The van der Waals surface area contributed by atoms with Crippen LogP contribution in [0.2, 0.25) is 0 Å². The lowest BCUT2D eigenvalue weighted by Gasteiger charge is -2.34. The van der Waals surface area contributed by atoms with Crippen molar-refractivity contribution in [2.75, 3.05) is 18.4 Å². The molecule has 6 nitrogen and oxygen atoms in total. The van der Waals surface area contributed by atoms with Crippen LogP contribution in [-0.2, 0) is 26.2 Å². The van der Waals surface area contributed by atoms with Gasteiger partial charge >= 0.3 is 0 Å². The second kappa shape index (κ2) is 7.70. The normalized spacial score (nSPS) is 22.4. The van der Waals surface area contributed by atoms with E-state index in [0.717, 1.165) is 17.7 Å². The van der Waals surface area contributed by atoms with Crippen LogP contribution in [0.4, 0.5) is 5.69 Å². The summed E-state index contributed by atoms with van der Waals surface area (Å²) in [5, 5.41) is 5.62. The Morgan fingerprint density at radius 2 is 1.86 bits per heavy atom. The summed E-state index contributed by atoms with van der Waals surface area (Å²) in [4.78, 5) is 39.2. The van der Waals surface area contributed by atoms with Gasteiger partial charge in [-0.2, -0.15) is 0 Å². The summed E-state index contributed by atoms with van der Waals surface area (Å²) in [6, 6.07) is 17.6. The molecule has 1 fully saturated rings. The molecule has 29 heavy (non-hydrogen) atoms. The number of benzene rings is 2. The van der Waals surface area contributed by atoms with Crippen molar-refractivity contribution in [2.24, 2.45) is 0 Å². The molecule has 0 saturated carbocycles. The monoisotopic (exact) mass is 391 g/mol. The van der Waals surface area contributed by atoms with Gasteiger partial charge in [-0.15, -0.1) is 0 Å². The van der Waals surface area contributed by atoms with E-state index in [-0.39, 0.29) is 30.3 Å². The summed E-state index contributed by atoms with van der Waals surface area (Å²) in [5.74, 6) is -0.420. The van der Waals surface area contributed by atoms with Crippen molar-refractivity contribution < 1.29 is 14.4 Å². The predicted molar refractivity (Wildman–Crippen MR) is 110 cm³/mol. The number of aryl methyl sites for hydroxylation is 1. The number of likely N-dealkylation sites (tertiary alicyclic amines) is 1. The first kappa shape index (κ1) is 19.2. The van der Waals surface area contributed by atoms with Crippen molar-refractivity contribution in [2.45, 2.75) is 37.6 Å². The number of amides is 3. The van der Waals surface area contributed by atoms with E-state index in [2.05, 4.69) is 22.8 Å². The van der Waals surface area contributed by atoms with Crippen molar-refractivity contribution >= 4 is 23.4 Å². The molecule has 2 aliphatic rings. The summed E-state index contributed by atoms with van der Waals surface area (Å²) in [5.41, 5.74) is 2.24. The van der Waals surface area contributed by atoms with Gasteiger partial charge in [0.25, 0.3) is 0 Å². The van der Waals surface area contributed by atoms with Gasteiger partial charge in [-0.1, -0.05) is 48.5 Å². The van der Waals surface area contributed by atoms with Crippen molar-refractivity contribution in [1.82, 2.24) is 10.2 Å². The zero-order chi connectivity index (χ0) is 20.4. The van der Waals surface area contributed by atoms with Gasteiger partial charge in [0.05, 0.1) is 18.0 Å². The molecular formula is C23H25N3O3. The van der Waals surface area contributed by atoms with Gasteiger partial charge in [-0.25, -0.2) is 0 Å². The Bertz CT molecular complexity index is 943. The second-order valence-electron chi connectivity index (χ2n) is 7.76. The first-order chi connectivity index (χ1) is 14.0. The summed E-state index contributed by atoms with van der Waals surface area (Å²) < 4.78 is 0. The Balaban J connectivity index is 1.66. The molecule has 2 atom stereocenters. The molecule has 0 aliphatic carbocycles. The van der Waals surface area contributed by atoms with Gasteiger partial charge in [-0.05, 0) is 36.5 Å². The van der Waals surface area contributed by atoms with Crippen LogP contribution in [-0.4, -0.2) is 41.8 Å². The number of rotatable bonds is 5. The van der Waals surface area contributed by atoms with Crippen molar-refractivity contribution in [1.29, 1.82) is 0 Å². The van der Waals surface area contributed by atoms with Gasteiger partial charge in [0.2, 0.25) is 17.7 Å². The second-order valence-corrected chi connectivity index (χ2v) is 7.76. The van der Waals surface area contributed by atoms with Crippen LogP contribution < -0.4 is 10.6 Å². The maximum atomic E-state index is 13.2. The maximum absolute atomic E-state index is 13.2. The topological polar surface area (TPSA) is 78.5 Å². The van der Waals surface area contributed by atoms with E-state index in [0.29, 0.717) is 19.4 Å². The molecule has 0 radical (unpaired) electrons. The Kier molecular flexibility index (Phi) is 5.09. The standard InChI is InChI=1S/C23H25N3O3/c1-16(27)24-15-21(28)26-14-13-23(18-9-5-6-10-19(18)25-22(23)29)20(26)12-11-17-7-3-2-4-8-17/h2-10,20H,11-15H2,1H3,(H,24,27)(H,25,29)/t20-,23+/m0/s1. The molecule has 2 aliphatic heterocycles. The quantitative estimate of drug-likeness (QED) is 0.821. The number of carbonyl (C=O) groups excluding carboxylic acids is 3. The van der Waals surface area contributed by atoms with Crippen molar-refractivity contribution in [3.63, 3.8) is 0 Å². The fourth-order valence-electron chi connectivity index (χ4n) is 4.75. The lowest BCUT2D eigenvalue weighted by Crippen LogP contribution is -2.50. The largest absolute Gasteiger partial charge is 0.347 e. The number of carbonyl (C=O) groups is 3. The first-order valence-electron chi connectivity index (χ1n) is 10.0. The number of hydrogen-bond donors (Lipinski definition) is 2. The van der Waals surface area contributed by atoms with E-state index in [1.165, 1.54) is 12.5 Å². The fraction of sp³-hybridized carbons (Fsp3) is 0.348. The molecule has 1 saturated heterocycles. The molecule has 2 heterocycles. The minimum Gasteiger partial charge on any atom is -0.347 e. The Morgan fingerprint density at radius 3 is 2.62 bits per heavy atom. The van der Waals surface area contributed by atoms with Crippen molar-refractivity contribution in [3.05, 3.63) is 65.7 Å². The maximum Gasteiger partial charge on any atom is 0.242 e. The molecule has 0 bridgehead atoms. The van der Waals surface area contributed by atoms with E-state index in [1.54, 1.807) is 4.90 Å². The summed E-state index contributed by atoms with van der Waals surface area (Å²) >= 11 is 0. The molecule has 0 aromatic heterocycles. The fourth-order valence-corrected chi connectivity index (χ4v) is 4.75. The van der Waals surface area contributed by atoms with E-state index in [1.807, 2.05) is 42.5 Å².